The Hall–Kier alpha value is -1.49. The van der Waals surface area contributed by atoms with E-state index in [-0.39, 0.29) is 74.9 Å². The third kappa shape index (κ3) is 19.7. The number of alkyl halides is 3. The summed E-state index contributed by atoms with van der Waals surface area (Å²) in [4.78, 5) is 13.5. The van der Waals surface area contributed by atoms with Gasteiger partial charge in [-0.25, -0.2) is 10.4 Å². The van der Waals surface area contributed by atoms with Crippen molar-refractivity contribution in [2.75, 3.05) is 13.1 Å². The number of nitrogens with zero attached hydrogens (tertiary/aromatic N) is 1. The SMILES string of the molecule is CC.CCC.CCCCC1(C)[C-]=C(C(=N)CNC(=O)N(CCC(F)(F)F)C(=N)c2ccc(C)cc2)CC1.Clc1c[c-]ccc1.[K+]. The minimum absolute atomic E-state index is 0. The molecular formula is C35H50ClF3KN4O-. The van der Waals surface area contributed by atoms with Crippen LogP contribution in [0, 0.1) is 35.3 Å². The molecule has 0 bridgehead atoms. The zero-order valence-corrected chi connectivity index (χ0v) is 32.2. The molecule has 0 aromatic heterocycles. The van der Waals surface area contributed by atoms with E-state index in [0.717, 1.165) is 46.7 Å². The average Bonchev–Trinajstić information content (AvgIpc) is 3.39. The molecule has 0 fully saturated rings. The largest absolute Gasteiger partial charge is 1.00 e. The number of unbranched alkanes of at least 4 members (excludes halogenated alkanes) is 1. The predicted octanol–water partition coefficient (Wildman–Crippen LogP) is 7.61. The first-order valence-corrected chi connectivity index (χ1v) is 15.7. The molecule has 1 unspecified atom stereocenters. The van der Waals surface area contributed by atoms with E-state index in [1.807, 2.05) is 39.0 Å². The van der Waals surface area contributed by atoms with Crippen molar-refractivity contribution in [3.63, 3.8) is 0 Å². The van der Waals surface area contributed by atoms with Crippen LogP contribution < -0.4 is 56.7 Å². The Labute approximate surface area is 317 Å². The van der Waals surface area contributed by atoms with Gasteiger partial charge in [0.1, 0.15) is 5.84 Å². The molecule has 2 aromatic carbocycles. The zero-order chi connectivity index (χ0) is 33.8. The number of halogens is 4. The van der Waals surface area contributed by atoms with Crippen molar-refractivity contribution < 1.29 is 69.4 Å². The smallest absolute Gasteiger partial charge is 0.397 e. The first-order valence-electron chi connectivity index (χ1n) is 15.4. The fourth-order valence-electron chi connectivity index (χ4n) is 4.03. The molecule has 0 aliphatic heterocycles. The molecule has 3 N–H and O–H groups in total. The van der Waals surface area contributed by atoms with Crippen LogP contribution in [0.25, 0.3) is 0 Å². The molecule has 1 aliphatic rings. The summed E-state index contributed by atoms with van der Waals surface area (Å²) < 4.78 is 38.4. The van der Waals surface area contributed by atoms with Crippen LogP contribution in [0.3, 0.4) is 0 Å². The van der Waals surface area contributed by atoms with Crippen LogP contribution in [0.2, 0.25) is 5.02 Å². The number of carbonyl (C=O) groups is 1. The second kappa shape index (κ2) is 24.6. The molecule has 0 radical (unpaired) electrons. The summed E-state index contributed by atoms with van der Waals surface area (Å²) in [7, 11) is 0. The van der Waals surface area contributed by atoms with Gasteiger partial charge in [-0.15, -0.1) is 0 Å². The van der Waals surface area contributed by atoms with Gasteiger partial charge in [-0.3, -0.25) is 16.4 Å². The van der Waals surface area contributed by atoms with Gasteiger partial charge in [0.2, 0.25) is 0 Å². The first-order chi connectivity index (χ1) is 20.7. The number of amides is 2. The number of benzene rings is 2. The maximum Gasteiger partial charge on any atom is 1.00 e. The van der Waals surface area contributed by atoms with Gasteiger partial charge in [0.15, 0.2) is 0 Å². The predicted molar refractivity (Wildman–Crippen MR) is 178 cm³/mol. The Balaban J connectivity index is 0. The Morgan fingerprint density at radius 3 is 2.18 bits per heavy atom. The van der Waals surface area contributed by atoms with Gasteiger partial charge in [0, 0.05) is 12.1 Å². The monoisotopic (exact) mass is 673 g/mol. The van der Waals surface area contributed by atoms with Crippen LogP contribution in [0.1, 0.15) is 97.6 Å². The zero-order valence-electron chi connectivity index (χ0n) is 28.4. The molecule has 1 atom stereocenters. The van der Waals surface area contributed by atoms with Crippen LogP contribution in [-0.4, -0.2) is 41.7 Å². The van der Waals surface area contributed by atoms with Crippen LogP contribution >= 0.6 is 11.6 Å². The topological polar surface area (TPSA) is 80.0 Å². The number of allylic oxidation sites excluding steroid dienone is 1. The van der Waals surface area contributed by atoms with Gasteiger partial charge >= 0.3 is 63.6 Å². The standard InChI is InChI=1S/C24H32F3N4O.C6H4Cl.C3H8.C2H6.K/c1-4-5-11-23(3)12-10-19(15-23)20(28)16-30-22(32)31(14-13-24(25,26)27)21(29)18-8-6-17(2)7-9-18;7-6-4-2-1-3-5-6;1-3-2;1-2;/h6-9,28-29H,4-5,10-14,16H2,1-3H3,(H,30,32);1-2,4-5H;3H2,1-2H3;1-2H3;/q2*-1;;;+1. The number of aryl methyl sites for hydroxylation is 1. The van der Waals surface area contributed by atoms with Gasteiger partial charge in [0.05, 0.1) is 6.42 Å². The molecule has 0 heterocycles. The Bertz CT molecular complexity index is 1160. The first kappa shape index (κ1) is 45.6. The quantitative estimate of drug-likeness (QED) is 0.109. The third-order valence-corrected chi connectivity index (χ3v) is 6.61. The van der Waals surface area contributed by atoms with Crippen LogP contribution in [0.5, 0.6) is 0 Å². The van der Waals surface area contributed by atoms with Crippen molar-refractivity contribution in [3.8, 4) is 0 Å². The molecule has 45 heavy (non-hydrogen) atoms. The molecule has 246 valence electrons. The second-order valence-corrected chi connectivity index (χ2v) is 11.0. The van der Waals surface area contributed by atoms with E-state index in [0.29, 0.717) is 12.0 Å². The molecule has 0 spiro atoms. The number of amidine groups is 1. The summed E-state index contributed by atoms with van der Waals surface area (Å²) in [6, 6.07) is 15.9. The fourth-order valence-corrected chi connectivity index (χ4v) is 4.16. The second-order valence-electron chi connectivity index (χ2n) is 10.6. The van der Waals surface area contributed by atoms with Gasteiger partial charge in [0.25, 0.3) is 0 Å². The van der Waals surface area contributed by atoms with Gasteiger partial charge < -0.3 is 10.7 Å². The number of nitrogens with one attached hydrogen (secondary N) is 3. The number of urea groups is 1. The Morgan fingerprint density at radius 1 is 1.11 bits per heavy atom. The van der Waals surface area contributed by atoms with Gasteiger partial charge in [-0.05, 0) is 13.5 Å². The van der Waals surface area contributed by atoms with Crippen LogP contribution in [0.4, 0.5) is 18.0 Å². The summed E-state index contributed by atoms with van der Waals surface area (Å²) in [5.41, 5.74) is 2.17. The molecule has 2 aromatic rings. The van der Waals surface area contributed by atoms with Gasteiger partial charge in [-0.1, -0.05) is 126 Å². The van der Waals surface area contributed by atoms with Crippen molar-refractivity contribution >= 4 is 29.2 Å². The minimum Gasteiger partial charge on any atom is -0.397 e. The normalized spacial score (nSPS) is 14.9. The maximum atomic E-state index is 12.8. The number of hydrogen-bond donors (Lipinski definition) is 3. The Kier molecular flexibility index (Phi) is 25.0. The van der Waals surface area contributed by atoms with Crippen molar-refractivity contribution in [3.05, 3.63) is 82.4 Å². The van der Waals surface area contributed by atoms with E-state index in [1.54, 1.807) is 30.3 Å². The summed E-state index contributed by atoms with van der Waals surface area (Å²) >= 11 is 5.51. The fraction of sp³-hybridized carbons (Fsp3) is 0.514. The summed E-state index contributed by atoms with van der Waals surface area (Å²) in [6.07, 6.45) is 3.72. The Morgan fingerprint density at radius 2 is 1.71 bits per heavy atom. The number of rotatable bonds is 9. The van der Waals surface area contributed by atoms with Crippen molar-refractivity contribution in [2.45, 2.75) is 99.6 Å². The summed E-state index contributed by atoms with van der Waals surface area (Å²) in [6.45, 7) is 13.6. The third-order valence-electron chi connectivity index (χ3n) is 6.37. The van der Waals surface area contributed by atoms with E-state index in [9.17, 15) is 18.0 Å². The average molecular weight is 674 g/mol. The van der Waals surface area contributed by atoms with Gasteiger partial charge in [-0.2, -0.15) is 55.1 Å². The maximum absolute atomic E-state index is 12.8. The van der Waals surface area contributed by atoms with Crippen molar-refractivity contribution in [1.82, 2.24) is 10.2 Å². The summed E-state index contributed by atoms with van der Waals surface area (Å²) in [5.74, 6) is -0.308. The summed E-state index contributed by atoms with van der Waals surface area (Å²) in [5, 5.41) is 19.9. The van der Waals surface area contributed by atoms with E-state index >= 15 is 0 Å². The molecular weight excluding hydrogens is 624 g/mol. The molecule has 0 saturated heterocycles. The molecule has 3 rings (SSSR count). The van der Waals surface area contributed by atoms with E-state index in [4.69, 9.17) is 22.4 Å². The molecule has 5 nitrogen and oxygen atoms in total. The van der Waals surface area contributed by atoms with Crippen molar-refractivity contribution in [1.29, 1.82) is 10.8 Å². The van der Waals surface area contributed by atoms with Crippen LogP contribution in [0.15, 0.2) is 54.1 Å². The molecule has 1 aliphatic carbocycles. The van der Waals surface area contributed by atoms with Crippen LogP contribution in [-0.2, 0) is 0 Å². The number of hydrogen-bond acceptors (Lipinski definition) is 3. The molecule has 0 saturated carbocycles. The molecule has 2 amide bonds. The molecule has 10 heteroatoms. The van der Waals surface area contributed by atoms with E-state index in [1.165, 1.54) is 6.42 Å². The number of carbonyl (C=O) groups excluding carboxylic acids is 1. The van der Waals surface area contributed by atoms with E-state index < -0.39 is 25.2 Å². The minimum atomic E-state index is -4.45. The van der Waals surface area contributed by atoms with Crippen molar-refractivity contribution in [2.24, 2.45) is 5.41 Å². The van der Waals surface area contributed by atoms with E-state index in [2.05, 4.69) is 45.2 Å².